The Morgan fingerprint density at radius 3 is 1.68 bits per heavy atom. The molecule has 1 aromatic rings. The highest BCUT2D eigenvalue weighted by molar-refractivity contribution is 6.56. The Kier molecular flexibility index (Phi) is 6.18. The van der Waals surface area contributed by atoms with Gasteiger partial charge in [-0.2, -0.15) is 0 Å². The van der Waals surface area contributed by atoms with Gasteiger partial charge in [-0.1, -0.05) is 108 Å². The molecule has 1 fully saturated rings. The van der Waals surface area contributed by atoms with Gasteiger partial charge in [0, 0.05) is 0 Å². The second-order valence-corrected chi connectivity index (χ2v) is 8.14. The minimum absolute atomic E-state index is 0.603. The summed E-state index contributed by atoms with van der Waals surface area (Å²) in [6.07, 6.45) is 7.05. The summed E-state index contributed by atoms with van der Waals surface area (Å²) in [4.78, 5) is 0. The fourth-order valence-electron chi connectivity index (χ4n) is 3.74. The van der Waals surface area contributed by atoms with Crippen LogP contribution in [-0.2, 0) is 0 Å². The Bertz CT molecular complexity index is 450. The summed E-state index contributed by atoms with van der Waals surface area (Å²) < 4.78 is 0. The smallest absolute Gasteiger partial charge is 0.0807 e. The summed E-state index contributed by atoms with van der Waals surface area (Å²) in [5.41, 5.74) is 6.22. The van der Waals surface area contributed by atoms with E-state index in [1.807, 2.05) is 0 Å². The first-order valence-electron chi connectivity index (χ1n) is 9.42. The van der Waals surface area contributed by atoms with E-state index in [-0.39, 0.29) is 0 Å². The molecule has 121 valence electrons. The van der Waals surface area contributed by atoms with Gasteiger partial charge in [0.25, 0.3) is 0 Å². The van der Waals surface area contributed by atoms with Crippen LogP contribution in [0.25, 0.3) is 0 Å². The molecule has 0 nitrogen and oxygen atoms in total. The van der Waals surface area contributed by atoms with E-state index in [4.69, 9.17) is 0 Å². The van der Waals surface area contributed by atoms with Crippen LogP contribution in [0.5, 0.6) is 0 Å². The molecule has 1 radical (unpaired) electrons. The number of hydrogen-bond donors (Lipinski definition) is 0. The highest BCUT2D eigenvalue weighted by Crippen LogP contribution is 2.31. The average Bonchev–Trinajstić information content (AvgIpc) is 2.47. The van der Waals surface area contributed by atoms with Crippen LogP contribution >= 0.6 is 0 Å². The van der Waals surface area contributed by atoms with E-state index >= 15 is 0 Å². The van der Waals surface area contributed by atoms with Crippen LogP contribution in [0.15, 0.2) is 12.1 Å². The van der Waals surface area contributed by atoms with Gasteiger partial charge in [0.15, 0.2) is 7.28 Å². The highest BCUT2D eigenvalue weighted by Gasteiger charge is 2.22. The fraction of sp³-hybridized carbons (Fsp3) is 0.714. The maximum Gasteiger partial charge on any atom is 0.155 e. The zero-order valence-corrected chi connectivity index (χ0v) is 15.6. The molecule has 0 atom stereocenters. The average molecular weight is 297 g/mol. The van der Waals surface area contributed by atoms with Crippen molar-refractivity contribution < 1.29 is 0 Å². The van der Waals surface area contributed by atoms with Gasteiger partial charge < -0.3 is 0 Å². The molecule has 0 aliphatic heterocycles. The Morgan fingerprint density at radius 1 is 0.773 bits per heavy atom. The van der Waals surface area contributed by atoms with E-state index in [0.717, 1.165) is 5.82 Å². The highest BCUT2D eigenvalue weighted by atomic mass is 14.2. The molecule has 0 amide bonds. The third-order valence-electron chi connectivity index (χ3n) is 5.23. The van der Waals surface area contributed by atoms with Crippen LogP contribution < -0.4 is 5.46 Å². The molecule has 2 rings (SSSR count). The van der Waals surface area contributed by atoms with E-state index in [9.17, 15) is 0 Å². The van der Waals surface area contributed by atoms with Gasteiger partial charge in [0.05, 0.1) is 0 Å². The van der Waals surface area contributed by atoms with Crippen LogP contribution in [0.2, 0.25) is 5.82 Å². The molecule has 0 unspecified atom stereocenters. The largest absolute Gasteiger partial charge is 0.155 e. The van der Waals surface area contributed by atoms with Crippen molar-refractivity contribution in [1.82, 2.24) is 0 Å². The summed E-state index contributed by atoms with van der Waals surface area (Å²) in [7, 11) is 2.63. The van der Waals surface area contributed by atoms with Crippen molar-refractivity contribution in [3.8, 4) is 0 Å². The normalized spacial score (nSPS) is 16.8. The molecule has 1 aliphatic rings. The molecule has 1 heteroatoms. The molecular weight excluding hydrogens is 263 g/mol. The zero-order valence-electron chi connectivity index (χ0n) is 15.6. The molecule has 0 spiro atoms. The van der Waals surface area contributed by atoms with Crippen molar-refractivity contribution in [2.45, 2.75) is 97.2 Å². The number of hydrogen-bond acceptors (Lipinski definition) is 0. The maximum absolute atomic E-state index is 2.63. The topological polar surface area (TPSA) is 0 Å². The number of benzene rings is 1. The molecule has 0 aromatic heterocycles. The summed E-state index contributed by atoms with van der Waals surface area (Å²) in [5, 5.41) is 0. The standard InChI is InChI=1S/C21H34B/c1-14(2)17-12-19(15(3)4)21(20(13-17)16(5)6)22-18-10-8-7-9-11-18/h12-16,18H,7-11H2,1-6H3. The Balaban J connectivity index is 2.43. The van der Waals surface area contributed by atoms with Crippen LogP contribution in [0.4, 0.5) is 0 Å². The third-order valence-corrected chi connectivity index (χ3v) is 5.23. The van der Waals surface area contributed by atoms with Crippen LogP contribution in [0.3, 0.4) is 0 Å². The van der Waals surface area contributed by atoms with Gasteiger partial charge in [-0.3, -0.25) is 0 Å². The second kappa shape index (κ2) is 7.71. The van der Waals surface area contributed by atoms with Crippen LogP contribution in [-0.4, -0.2) is 7.28 Å². The minimum Gasteiger partial charge on any atom is -0.0807 e. The van der Waals surface area contributed by atoms with Crippen molar-refractivity contribution in [1.29, 1.82) is 0 Å². The van der Waals surface area contributed by atoms with Gasteiger partial charge in [0.1, 0.15) is 0 Å². The van der Waals surface area contributed by atoms with E-state index in [1.54, 1.807) is 16.6 Å². The zero-order chi connectivity index (χ0) is 16.3. The number of rotatable bonds is 5. The molecule has 22 heavy (non-hydrogen) atoms. The first kappa shape index (κ1) is 17.6. The molecular formula is C21H34B. The molecule has 0 bridgehead atoms. The quantitative estimate of drug-likeness (QED) is 0.573. The molecule has 1 saturated carbocycles. The summed E-state index contributed by atoms with van der Waals surface area (Å²) in [6, 6.07) is 4.96. The SMILES string of the molecule is CC(C)c1cc(C(C)C)c([B]C2CCCCC2)c(C(C)C)c1. The minimum atomic E-state index is 0.603. The Hall–Kier alpha value is -0.715. The first-order valence-corrected chi connectivity index (χ1v) is 9.42. The lowest BCUT2D eigenvalue weighted by molar-refractivity contribution is 0.502. The fourth-order valence-corrected chi connectivity index (χ4v) is 3.74. The lowest BCUT2D eigenvalue weighted by Crippen LogP contribution is -2.30. The molecule has 0 heterocycles. The molecule has 0 saturated heterocycles. The van der Waals surface area contributed by atoms with Crippen molar-refractivity contribution in [2.24, 2.45) is 0 Å². The predicted octanol–water partition coefficient (Wildman–Crippen LogP) is 6.14. The Morgan fingerprint density at radius 2 is 1.27 bits per heavy atom. The monoisotopic (exact) mass is 297 g/mol. The lowest BCUT2D eigenvalue weighted by Gasteiger charge is -2.27. The van der Waals surface area contributed by atoms with Crippen LogP contribution in [0, 0.1) is 0 Å². The van der Waals surface area contributed by atoms with Gasteiger partial charge in [-0.05, 0) is 23.3 Å². The van der Waals surface area contributed by atoms with Gasteiger partial charge in [-0.25, -0.2) is 0 Å². The Labute approximate surface area is 139 Å². The van der Waals surface area contributed by atoms with E-state index < -0.39 is 0 Å². The predicted molar refractivity (Wildman–Crippen MR) is 101 cm³/mol. The maximum atomic E-state index is 2.63. The van der Waals surface area contributed by atoms with E-state index in [0.29, 0.717) is 17.8 Å². The van der Waals surface area contributed by atoms with Gasteiger partial charge in [0.2, 0.25) is 0 Å². The van der Waals surface area contributed by atoms with E-state index in [1.165, 1.54) is 37.7 Å². The van der Waals surface area contributed by atoms with E-state index in [2.05, 4.69) is 61.0 Å². The van der Waals surface area contributed by atoms with Crippen molar-refractivity contribution >= 4 is 12.7 Å². The van der Waals surface area contributed by atoms with Crippen LogP contribution in [0.1, 0.15) is 108 Å². The van der Waals surface area contributed by atoms with Crippen molar-refractivity contribution in [2.75, 3.05) is 0 Å². The second-order valence-electron chi connectivity index (χ2n) is 8.14. The molecule has 1 aromatic carbocycles. The van der Waals surface area contributed by atoms with Gasteiger partial charge >= 0.3 is 0 Å². The third kappa shape index (κ3) is 4.18. The lowest BCUT2D eigenvalue weighted by atomic mass is 9.51. The summed E-state index contributed by atoms with van der Waals surface area (Å²) in [5.74, 6) is 2.62. The summed E-state index contributed by atoms with van der Waals surface area (Å²) in [6.45, 7) is 14.0. The van der Waals surface area contributed by atoms with Crippen molar-refractivity contribution in [3.63, 3.8) is 0 Å². The first-order chi connectivity index (χ1) is 10.4. The molecule has 0 N–H and O–H groups in total. The van der Waals surface area contributed by atoms with Gasteiger partial charge in [-0.15, -0.1) is 0 Å². The molecule has 1 aliphatic carbocycles. The van der Waals surface area contributed by atoms with Crippen molar-refractivity contribution in [3.05, 3.63) is 28.8 Å². The summed E-state index contributed by atoms with van der Waals surface area (Å²) >= 11 is 0.